The molecule has 0 radical (unpaired) electrons. The quantitative estimate of drug-likeness (QED) is 0.0418. The van der Waals surface area contributed by atoms with Crippen molar-refractivity contribution < 1.29 is 61.8 Å². The molecular formula is C63H62O13S. The van der Waals surface area contributed by atoms with Gasteiger partial charge in [-0.15, -0.1) is 11.8 Å². The van der Waals surface area contributed by atoms with Gasteiger partial charge in [-0.1, -0.05) is 183 Å². The molecular weight excluding hydrogens is 997 g/mol. The van der Waals surface area contributed by atoms with Crippen molar-refractivity contribution >= 4 is 29.7 Å². The minimum atomic E-state index is -1.41. The van der Waals surface area contributed by atoms with E-state index in [-0.39, 0.29) is 49.7 Å². The van der Waals surface area contributed by atoms with Gasteiger partial charge in [0.15, 0.2) is 24.6 Å². The molecule has 0 unspecified atom stereocenters. The predicted molar refractivity (Wildman–Crippen MR) is 289 cm³/mol. The summed E-state index contributed by atoms with van der Waals surface area (Å²) in [6.07, 6.45) is -9.77. The van der Waals surface area contributed by atoms with Crippen LogP contribution in [0.2, 0.25) is 0 Å². The van der Waals surface area contributed by atoms with E-state index in [0.717, 1.165) is 22.3 Å². The summed E-state index contributed by atoms with van der Waals surface area (Å²) in [5.41, 5.74) is 3.50. The van der Waals surface area contributed by atoms with E-state index < -0.39 is 78.5 Å². The third-order valence-corrected chi connectivity index (χ3v) is 14.0. The van der Waals surface area contributed by atoms with Crippen LogP contribution in [0.15, 0.2) is 212 Å². The minimum absolute atomic E-state index is 0.0727. The lowest BCUT2D eigenvalue weighted by Gasteiger charge is -2.47. The van der Waals surface area contributed by atoms with E-state index >= 15 is 0 Å². The number of carbonyl (C=O) groups excluding carboxylic acids is 3. The Balaban J connectivity index is 1.09. The number of hydrogen-bond acceptors (Lipinski definition) is 14. The Morgan fingerprint density at radius 1 is 0.377 bits per heavy atom. The topological polar surface area (TPSA) is 144 Å². The highest BCUT2D eigenvalue weighted by Gasteiger charge is 2.54. The van der Waals surface area contributed by atoms with Crippen LogP contribution >= 0.6 is 11.8 Å². The third kappa shape index (κ3) is 15.4. The van der Waals surface area contributed by atoms with Crippen molar-refractivity contribution in [1.29, 1.82) is 0 Å². The Bertz CT molecular complexity index is 2850. The number of benzene rings is 7. The van der Waals surface area contributed by atoms with Crippen LogP contribution in [-0.2, 0) is 73.8 Å². The van der Waals surface area contributed by atoms with Gasteiger partial charge in [-0.3, -0.25) is 0 Å². The van der Waals surface area contributed by atoms with Crippen LogP contribution in [0.3, 0.4) is 0 Å². The van der Waals surface area contributed by atoms with Crippen molar-refractivity contribution in [1.82, 2.24) is 0 Å². The smallest absolute Gasteiger partial charge is 0.338 e. The van der Waals surface area contributed by atoms with Crippen molar-refractivity contribution in [3.8, 4) is 0 Å². The maximum atomic E-state index is 14.3. The number of hydrogen-bond donors (Lipinski definition) is 0. The molecule has 2 heterocycles. The Kier molecular flexibility index (Phi) is 20.2. The van der Waals surface area contributed by atoms with Gasteiger partial charge in [0.25, 0.3) is 0 Å². The molecule has 2 aliphatic heterocycles. The molecule has 0 spiro atoms. The molecule has 2 aliphatic rings. The molecule has 0 aliphatic carbocycles. The van der Waals surface area contributed by atoms with E-state index in [9.17, 15) is 14.4 Å². The number of carbonyl (C=O) groups is 3. The lowest BCUT2D eigenvalue weighted by atomic mass is 9.97. The van der Waals surface area contributed by atoms with Crippen LogP contribution in [0.25, 0.3) is 0 Å². The third-order valence-electron chi connectivity index (χ3n) is 12.9. The second-order valence-corrected chi connectivity index (χ2v) is 19.7. The van der Waals surface area contributed by atoms with Gasteiger partial charge in [-0.25, -0.2) is 14.4 Å². The van der Waals surface area contributed by atoms with Gasteiger partial charge in [-0.2, -0.15) is 0 Å². The van der Waals surface area contributed by atoms with Crippen LogP contribution in [-0.4, -0.2) is 97.4 Å². The van der Waals surface area contributed by atoms with Crippen molar-refractivity contribution in [2.45, 2.75) is 93.9 Å². The maximum Gasteiger partial charge on any atom is 0.338 e. The lowest BCUT2D eigenvalue weighted by molar-refractivity contribution is -0.335. The molecule has 77 heavy (non-hydrogen) atoms. The Morgan fingerprint density at radius 3 is 1.18 bits per heavy atom. The zero-order chi connectivity index (χ0) is 53.0. The minimum Gasteiger partial charge on any atom is -0.452 e. The molecule has 14 heteroatoms. The summed E-state index contributed by atoms with van der Waals surface area (Å²) < 4.78 is 67.2. The van der Waals surface area contributed by atoms with E-state index in [1.54, 1.807) is 91.0 Å². The molecule has 7 aromatic carbocycles. The average Bonchev–Trinajstić information content (AvgIpc) is 3.48. The van der Waals surface area contributed by atoms with Crippen LogP contribution < -0.4 is 0 Å². The zero-order valence-corrected chi connectivity index (χ0v) is 43.5. The number of esters is 3. The van der Waals surface area contributed by atoms with Gasteiger partial charge in [0.05, 0.1) is 56.3 Å². The first-order valence-electron chi connectivity index (χ1n) is 25.8. The first-order chi connectivity index (χ1) is 37.9. The fraction of sp³-hybridized carbons (Fsp3) is 0.286. The first-order valence-corrected chi connectivity index (χ1v) is 26.9. The number of ether oxygens (including phenoxy) is 10. The normalized spacial score (nSPS) is 23.1. The van der Waals surface area contributed by atoms with Gasteiger partial charge in [0.2, 0.25) is 0 Å². The highest BCUT2D eigenvalue weighted by Crippen LogP contribution is 2.37. The molecule has 10 atom stereocenters. The van der Waals surface area contributed by atoms with Crippen molar-refractivity contribution in [2.75, 3.05) is 19.0 Å². The molecule has 0 saturated carbocycles. The summed E-state index contributed by atoms with van der Waals surface area (Å²) in [6, 6.07) is 64.6. The van der Waals surface area contributed by atoms with Gasteiger partial charge >= 0.3 is 17.9 Å². The number of thioether (sulfide) groups is 1. The molecule has 9 rings (SSSR count). The molecule has 13 nitrogen and oxygen atoms in total. The standard InChI is InChI=1S/C63H62O13S/c1-2-77-63-58(76-61(66)50-36-22-9-23-37-50)56(75-60(65)49-34-20-8-21-35-49)54(74-59(64)48-32-18-7-19-33-48)52(73-63)43-71-62-57(70-41-47-30-16-6-17-31-47)55(69-40-46-28-14-5-15-29-46)53(68-39-45-26-12-4-13-27-45)51(72-62)42-67-38-44-24-10-3-11-25-44/h3-37,51-58,62-63H,2,38-43H2,1H3/t51-,52-,53-,54-,55+,56+,57-,58-,62+,63-/m1/s1. The SMILES string of the molecule is CCS[C@H]1O[C@H](CO[C@H]2O[C@H](COCc3ccccc3)[C@@H](OCc3ccccc3)[C@H](OCc3ccccc3)[C@H]2OCc2ccccc2)[C@@H](OC(=O)c2ccccc2)[C@H](OC(=O)c2ccccc2)[C@H]1OC(=O)c1ccccc1. The number of rotatable bonds is 24. The van der Waals surface area contributed by atoms with Crippen LogP contribution in [0, 0.1) is 0 Å². The Morgan fingerprint density at radius 2 is 0.740 bits per heavy atom. The summed E-state index contributed by atoms with van der Waals surface area (Å²) in [5, 5.41) is 0. The van der Waals surface area contributed by atoms with E-state index in [1.165, 1.54) is 11.8 Å². The molecule has 0 N–H and O–H groups in total. The molecule has 2 saturated heterocycles. The van der Waals surface area contributed by atoms with Gasteiger partial charge < -0.3 is 47.4 Å². The van der Waals surface area contributed by atoms with Crippen molar-refractivity contribution in [3.63, 3.8) is 0 Å². The van der Waals surface area contributed by atoms with E-state index in [4.69, 9.17) is 47.4 Å². The predicted octanol–water partition coefficient (Wildman–Crippen LogP) is 10.9. The summed E-state index contributed by atoms with van der Waals surface area (Å²) in [6.45, 7) is 2.57. The lowest BCUT2D eigenvalue weighted by Crippen LogP contribution is -2.64. The van der Waals surface area contributed by atoms with Crippen molar-refractivity contribution in [3.05, 3.63) is 251 Å². The highest BCUT2D eigenvalue weighted by atomic mass is 32.2. The molecule has 0 aromatic heterocycles. The van der Waals surface area contributed by atoms with Crippen LogP contribution in [0.1, 0.15) is 60.3 Å². The first kappa shape index (κ1) is 54.8. The summed E-state index contributed by atoms with van der Waals surface area (Å²) in [7, 11) is 0. The molecule has 0 bridgehead atoms. The largest absolute Gasteiger partial charge is 0.452 e. The zero-order valence-electron chi connectivity index (χ0n) is 42.6. The van der Waals surface area contributed by atoms with E-state index in [0.29, 0.717) is 12.4 Å². The van der Waals surface area contributed by atoms with Gasteiger partial charge in [0, 0.05) is 0 Å². The van der Waals surface area contributed by atoms with Crippen LogP contribution in [0.4, 0.5) is 0 Å². The second kappa shape index (κ2) is 28.4. The second-order valence-electron chi connectivity index (χ2n) is 18.4. The molecule has 2 fully saturated rings. The molecule has 398 valence electrons. The summed E-state index contributed by atoms with van der Waals surface area (Å²) >= 11 is 1.33. The van der Waals surface area contributed by atoms with Crippen molar-refractivity contribution in [2.24, 2.45) is 0 Å². The fourth-order valence-corrected chi connectivity index (χ4v) is 10.0. The summed E-state index contributed by atoms with van der Waals surface area (Å²) in [5.74, 6) is -1.66. The monoisotopic (exact) mass is 1060 g/mol. The maximum absolute atomic E-state index is 14.3. The molecule has 0 amide bonds. The molecule has 7 aromatic rings. The Hall–Kier alpha value is -6.98. The van der Waals surface area contributed by atoms with E-state index in [2.05, 4.69) is 0 Å². The van der Waals surface area contributed by atoms with E-state index in [1.807, 2.05) is 128 Å². The highest BCUT2D eigenvalue weighted by molar-refractivity contribution is 7.99. The average molecular weight is 1060 g/mol. The summed E-state index contributed by atoms with van der Waals surface area (Å²) in [4.78, 5) is 42.6. The Labute approximate surface area is 453 Å². The fourth-order valence-electron chi connectivity index (χ4n) is 9.08. The van der Waals surface area contributed by atoms with Gasteiger partial charge in [-0.05, 0) is 64.4 Å². The van der Waals surface area contributed by atoms with Gasteiger partial charge in [0.1, 0.15) is 36.0 Å². The van der Waals surface area contributed by atoms with Crippen LogP contribution in [0.5, 0.6) is 0 Å².